The summed E-state index contributed by atoms with van der Waals surface area (Å²) < 4.78 is 5.39. The van der Waals surface area contributed by atoms with Gasteiger partial charge < -0.3 is 21.1 Å². The van der Waals surface area contributed by atoms with Crippen molar-refractivity contribution < 1.29 is 14.3 Å². The third-order valence-corrected chi connectivity index (χ3v) is 4.76. The van der Waals surface area contributed by atoms with Crippen molar-refractivity contribution in [1.29, 1.82) is 0 Å². The first kappa shape index (κ1) is 22.3. The number of benzene rings is 1. The molecular formula is C19H30ClN3O3. The van der Waals surface area contributed by atoms with Gasteiger partial charge in [0.2, 0.25) is 5.91 Å². The minimum Gasteiger partial charge on any atom is -0.484 e. The van der Waals surface area contributed by atoms with Crippen LogP contribution in [-0.2, 0) is 9.59 Å². The first-order chi connectivity index (χ1) is 12.1. The summed E-state index contributed by atoms with van der Waals surface area (Å²) in [4.78, 5) is 23.7. The van der Waals surface area contributed by atoms with Crippen LogP contribution in [0, 0.1) is 5.41 Å². The molecule has 0 atom stereocenters. The molecule has 2 rings (SSSR count). The van der Waals surface area contributed by atoms with E-state index in [1.165, 1.54) is 6.42 Å². The highest BCUT2D eigenvalue weighted by Crippen LogP contribution is 2.38. The van der Waals surface area contributed by atoms with Gasteiger partial charge in [-0.25, -0.2) is 0 Å². The molecule has 0 spiro atoms. The molecule has 0 radical (unpaired) electrons. The molecule has 1 aliphatic carbocycles. The van der Waals surface area contributed by atoms with Gasteiger partial charge in [-0.3, -0.25) is 9.59 Å². The Morgan fingerprint density at radius 2 is 1.77 bits per heavy atom. The molecule has 4 N–H and O–H groups in total. The summed E-state index contributed by atoms with van der Waals surface area (Å²) in [6.07, 6.45) is 6.08. The number of nitrogens with one attached hydrogen (secondary N) is 2. The molecule has 0 heterocycles. The van der Waals surface area contributed by atoms with Crippen LogP contribution >= 0.6 is 12.4 Å². The third-order valence-electron chi connectivity index (χ3n) is 4.76. The number of halogens is 1. The van der Waals surface area contributed by atoms with E-state index in [-0.39, 0.29) is 36.2 Å². The molecule has 146 valence electrons. The molecule has 0 bridgehead atoms. The Labute approximate surface area is 161 Å². The lowest BCUT2D eigenvalue weighted by Gasteiger charge is -2.35. The van der Waals surface area contributed by atoms with Crippen LogP contribution < -0.4 is 21.1 Å². The zero-order chi connectivity index (χ0) is 18.1. The smallest absolute Gasteiger partial charge is 0.257 e. The van der Waals surface area contributed by atoms with Crippen molar-refractivity contribution in [2.45, 2.75) is 45.4 Å². The van der Waals surface area contributed by atoms with Gasteiger partial charge in [-0.05, 0) is 56.0 Å². The van der Waals surface area contributed by atoms with Crippen molar-refractivity contribution in [3.8, 4) is 5.75 Å². The Balaban J connectivity index is 0.00000338. The van der Waals surface area contributed by atoms with Gasteiger partial charge in [-0.2, -0.15) is 0 Å². The Kier molecular flexibility index (Phi) is 9.44. The largest absolute Gasteiger partial charge is 0.484 e. The second-order valence-electron chi connectivity index (χ2n) is 6.76. The maximum Gasteiger partial charge on any atom is 0.257 e. The van der Waals surface area contributed by atoms with Gasteiger partial charge in [-0.15, -0.1) is 12.4 Å². The van der Waals surface area contributed by atoms with Gasteiger partial charge in [0.05, 0.1) is 0 Å². The van der Waals surface area contributed by atoms with Crippen LogP contribution in [0.3, 0.4) is 0 Å². The molecule has 0 unspecified atom stereocenters. The number of amides is 2. The van der Waals surface area contributed by atoms with Crippen LogP contribution in [0.25, 0.3) is 0 Å². The molecule has 0 saturated heterocycles. The predicted molar refractivity (Wildman–Crippen MR) is 106 cm³/mol. The molecular weight excluding hydrogens is 354 g/mol. The molecule has 1 fully saturated rings. The number of nitrogens with two attached hydrogens (primary N) is 1. The molecule has 0 aliphatic heterocycles. The topological polar surface area (TPSA) is 93.5 Å². The highest BCUT2D eigenvalue weighted by atomic mass is 35.5. The average molecular weight is 384 g/mol. The van der Waals surface area contributed by atoms with Crippen molar-refractivity contribution in [1.82, 2.24) is 5.32 Å². The van der Waals surface area contributed by atoms with Crippen molar-refractivity contribution in [3.05, 3.63) is 24.3 Å². The summed E-state index contributed by atoms with van der Waals surface area (Å²) in [5, 5.41) is 5.60. The van der Waals surface area contributed by atoms with E-state index in [2.05, 4.69) is 10.6 Å². The van der Waals surface area contributed by atoms with E-state index in [0.29, 0.717) is 25.3 Å². The van der Waals surface area contributed by atoms with E-state index in [9.17, 15) is 9.59 Å². The van der Waals surface area contributed by atoms with Crippen molar-refractivity contribution in [2.24, 2.45) is 11.1 Å². The summed E-state index contributed by atoms with van der Waals surface area (Å²) >= 11 is 0. The van der Waals surface area contributed by atoms with Crippen LogP contribution in [0.15, 0.2) is 24.3 Å². The zero-order valence-electron chi connectivity index (χ0n) is 15.4. The molecule has 1 saturated carbocycles. The lowest BCUT2D eigenvalue weighted by molar-refractivity contribution is -0.123. The first-order valence-electron chi connectivity index (χ1n) is 9.06. The normalized spacial score (nSPS) is 15.5. The highest BCUT2D eigenvalue weighted by Gasteiger charge is 2.32. The summed E-state index contributed by atoms with van der Waals surface area (Å²) in [5.41, 5.74) is 6.63. The van der Waals surface area contributed by atoms with E-state index >= 15 is 0 Å². The fourth-order valence-corrected chi connectivity index (χ4v) is 3.33. The number of rotatable bonds is 8. The molecule has 1 aromatic rings. The lowest BCUT2D eigenvalue weighted by Crippen LogP contribution is -2.36. The Hall–Kier alpha value is -1.79. The van der Waals surface area contributed by atoms with Crippen LogP contribution in [0.1, 0.15) is 45.4 Å². The van der Waals surface area contributed by atoms with Crippen LogP contribution in [0.5, 0.6) is 5.75 Å². The molecule has 0 aromatic heterocycles. The standard InChI is InChI=1S/C19H29N3O3.ClH/c1-2-21-18(24)13-25-16-8-6-15(7-9-16)22-17(23)12-19(14-20)10-4-3-5-11-19;/h6-9H,2-5,10-14,20H2,1H3,(H,21,24)(H,22,23);1H. The molecule has 1 aliphatic rings. The molecule has 7 heteroatoms. The minimum absolute atomic E-state index is 0. The number of likely N-dealkylation sites (N-methyl/N-ethyl adjacent to an activating group) is 1. The van der Waals surface area contributed by atoms with Gasteiger partial charge >= 0.3 is 0 Å². The Morgan fingerprint density at radius 1 is 1.12 bits per heavy atom. The summed E-state index contributed by atoms with van der Waals surface area (Å²) in [5.74, 6) is 0.442. The van der Waals surface area contributed by atoms with Crippen molar-refractivity contribution >= 4 is 29.9 Å². The van der Waals surface area contributed by atoms with Crippen LogP contribution in [0.2, 0.25) is 0 Å². The molecule has 1 aromatic carbocycles. The van der Waals surface area contributed by atoms with Gasteiger partial charge in [0, 0.05) is 18.7 Å². The van der Waals surface area contributed by atoms with Gasteiger partial charge in [0.15, 0.2) is 6.61 Å². The number of ether oxygens (including phenoxy) is 1. The monoisotopic (exact) mass is 383 g/mol. The predicted octanol–water partition coefficient (Wildman–Crippen LogP) is 2.86. The fraction of sp³-hybridized carbons (Fsp3) is 0.579. The second-order valence-corrected chi connectivity index (χ2v) is 6.76. The SMILES string of the molecule is CCNC(=O)COc1ccc(NC(=O)CC2(CN)CCCCC2)cc1.Cl. The van der Waals surface area contributed by atoms with Gasteiger partial charge in [-0.1, -0.05) is 19.3 Å². The van der Waals surface area contributed by atoms with Gasteiger partial charge in [0.25, 0.3) is 5.91 Å². The van der Waals surface area contributed by atoms with E-state index in [1.54, 1.807) is 24.3 Å². The molecule has 26 heavy (non-hydrogen) atoms. The number of carbonyl (C=O) groups excluding carboxylic acids is 2. The third kappa shape index (κ3) is 6.84. The van der Waals surface area contributed by atoms with Crippen LogP contribution in [-0.4, -0.2) is 31.5 Å². The quantitative estimate of drug-likeness (QED) is 0.643. The first-order valence-corrected chi connectivity index (χ1v) is 9.06. The fourth-order valence-electron chi connectivity index (χ4n) is 3.33. The van der Waals surface area contributed by atoms with E-state index in [0.717, 1.165) is 31.4 Å². The lowest BCUT2D eigenvalue weighted by atomic mass is 9.71. The number of hydrogen-bond donors (Lipinski definition) is 3. The number of anilines is 1. The average Bonchev–Trinajstić information content (AvgIpc) is 2.62. The van der Waals surface area contributed by atoms with Crippen molar-refractivity contribution in [3.63, 3.8) is 0 Å². The second kappa shape index (κ2) is 11.0. The van der Waals surface area contributed by atoms with Gasteiger partial charge in [0.1, 0.15) is 5.75 Å². The summed E-state index contributed by atoms with van der Waals surface area (Å²) in [6.45, 7) is 2.99. The number of carbonyl (C=O) groups is 2. The Morgan fingerprint density at radius 3 is 2.35 bits per heavy atom. The molecule has 6 nitrogen and oxygen atoms in total. The maximum absolute atomic E-state index is 12.4. The molecule has 2 amide bonds. The summed E-state index contributed by atoms with van der Waals surface area (Å²) in [6, 6.07) is 7.05. The maximum atomic E-state index is 12.4. The number of hydrogen-bond acceptors (Lipinski definition) is 4. The van der Waals surface area contributed by atoms with Crippen molar-refractivity contribution in [2.75, 3.05) is 25.0 Å². The zero-order valence-corrected chi connectivity index (χ0v) is 16.2. The highest BCUT2D eigenvalue weighted by molar-refractivity contribution is 5.91. The Bertz CT molecular complexity index is 572. The van der Waals surface area contributed by atoms with E-state index in [4.69, 9.17) is 10.5 Å². The summed E-state index contributed by atoms with van der Waals surface area (Å²) in [7, 11) is 0. The van der Waals surface area contributed by atoms with E-state index in [1.807, 2.05) is 6.92 Å². The van der Waals surface area contributed by atoms with Crippen LogP contribution in [0.4, 0.5) is 5.69 Å². The minimum atomic E-state index is -0.153. The van der Waals surface area contributed by atoms with E-state index < -0.39 is 0 Å².